The molecule has 0 bridgehead atoms. The minimum absolute atomic E-state index is 0.0400. The molecule has 3 aromatic rings. The number of carbonyl (C=O) groups excluding carboxylic acids is 2. The molecule has 3 N–H and O–H groups in total. The molecule has 1 aliphatic carbocycles. The van der Waals surface area contributed by atoms with Crippen LogP contribution in [-0.4, -0.2) is 55.1 Å². The maximum absolute atomic E-state index is 13.1. The first kappa shape index (κ1) is 23.9. The molecule has 1 saturated carbocycles. The third kappa shape index (κ3) is 5.08. The number of hydrogen-bond donors (Lipinski definition) is 3. The highest BCUT2D eigenvalue weighted by Gasteiger charge is 2.28. The van der Waals surface area contributed by atoms with Crippen molar-refractivity contribution >= 4 is 28.5 Å². The average molecular weight is 488 g/mol. The first-order valence-electron chi connectivity index (χ1n) is 12.6. The Bertz CT molecular complexity index is 1250. The Hall–Kier alpha value is -3.81. The summed E-state index contributed by atoms with van der Waals surface area (Å²) in [5.74, 6) is 0.937. The predicted octanol–water partition coefficient (Wildman–Crippen LogP) is 4.27. The van der Waals surface area contributed by atoms with Gasteiger partial charge in [-0.25, -0.2) is 4.79 Å². The summed E-state index contributed by atoms with van der Waals surface area (Å²) in [4.78, 5) is 31.7. The molecule has 0 radical (unpaired) electrons. The molecule has 2 heterocycles. The van der Waals surface area contributed by atoms with E-state index >= 15 is 0 Å². The van der Waals surface area contributed by atoms with Gasteiger partial charge in [-0.15, -0.1) is 0 Å². The Balaban J connectivity index is 1.52. The Morgan fingerprint density at radius 3 is 2.50 bits per heavy atom. The van der Waals surface area contributed by atoms with Crippen LogP contribution in [0.1, 0.15) is 53.1 Å². The van der Waals surface area contributed by atoms with Gasteiger partial charge in [0.05, 0.1) is 23.9 Å². The third-order valence-electron chi connectivity index (χ3n) is 7.12. The van der Waals surface area contributed by atoms with Gasteiger partial charge in [0, 0.05) is 50.4 Å². The van der Waals surface area contributed by atoms with Crippen LogP contribution in [0.4, 0.5) is 10.5 Å². The lowest BCUT2D eigenvalue weighted by atomic mass is 9.87. The Morgan fingerprint density at radius 1 is 1.08 bits per heavy atom. The van der Waals surface area contributed by atoms with E-state index in [0.717, 1.165) is 59.2 Å². The van der Waals surface area contributed by atoms with E-state index in [9.17, 15) is 9.59 Å². The van der Waals surface area contributed by atoms with E-state index in [2.05, 4.69) is 39.1 Å². The molecule has 2 aliphatic rings. The smallest absolute Gasteiger partial charge is 0.317 e. The third-order valence-corrected chi connectivity index (χ3v) is 7.12. The summed E-state index contributed by atoms with van der Waals surface area (Å²) < 4.78 is 5.78. The number of nitrogens with zero attached hydrogens (tertiary/aromatic N) is 2. The zero-order valence-electron chi connectivity index (χ0n) is 20.8. The van der Waals surface area contributed by atoms with Gasteiger partial charge in [0.25, 0.3) is 5.91 Å². The number of fused-ring (bicyclic) bond motifs is 1. The monoisotopic (exact) mass is 487 g/mol. The number of ether oxygens (including phenoxy) is 1. The molecule has 0 unspecified atom stereocenters. The fraction of sp³-hybridized carbons (Fsp3) is 0.393. The van der Waals surface area contributed by atoms with Gasteiger partial charge in [-0.1, -0.05) is 30.3 Å². The molecular formula is C28H33N5O3. The van der Waals surface area contributed by atoms with E-state index in [1.807, 2.05) is 29.2 Å². The van der Waals surface area contributed by atoms with Crippen LogP contribution in [-0.2, 0) is 6.54 Å². The highest BCUT2D eigenvalue weighted by Crippen LogP contribution is 2.39. The maximum Gasteiger partial charge on any atom is 0.317 e. The van der Waals surface area contributed by atoms with Gasteiger partial charge in [-0.05, 0) is 48.8 Å². The topological polar surface area (TPSA) is 95.6 Å². The van der Waals surface area contributed by atoms with Gasteiger partial charge in [0.1, 0.15) is 5.75 Å². The fourth-order valence-corrected chi connectivity index (χ4v) is 4.92. The van der Waals surface area contributed by atoms with Gasteiger partial charge in [0.2, 0.25) is 0 Å². The molecule has 1 saturated heterocycles. The van der Waals surface area contributed by atoms with Crippen LogP contribution in [0.25, 0.3) is 10.9 Å². The summed E-state index contributed by atoms with van der Waals surface area (Å²) >= 11 is 0. The number of amides is 3. The highest BCUT2D eigenvalue weighted by atomic mass is 16.5. The lowest BCUT2D eigenvalue weighted by Crippen LogP contribution is -2.42. The largest absolute Gasteiger partial charge is 0.496 e. The number of benzene rings is 2. The zero-order valence-corrected chi connectivity index (χ0v) is 20.8. The summed E-state index contributed by atoms with van der Waals surface area (Å²) in [6, 6.07) is 14.5. The average Bonchev–Trinajstić information content (AvgIpc) is 3.75. The molecule has 8 nitrogen and oxygen atoms in total. The first-order chi connectivity index (χ1) is 17.6. The van der Waals surface area contributed by atoms with Gasteiger partial charge in [-0.2, -0.15) is 0 Å². The lowest BCUT2D eigenvalue weighted by molar-refractivity contribution is 0.0951. The number of carbonyl (C=O) groups is 2. The van der Waals surface area contributed by atoms with Gasteiger partial charge in [-0.3, -0.25) is 9.78 Å². The number of hydrogen-bond acceptors (Lipinski definition) is 5. The summed E-state index contributed by atoms with van der Waals surface area (Å²) in [7, 11) is 3.34. The quantitative estimate of drug-likeness (QED) is 0.463. The van der Waals surface area contributed by atoms with Crippen molar-refractivity contribution in [1.82, 2.24) is 20.5 Å². The first-order valence-corrected chi connectivity index (χ1v) is 12.6. The van der Waals surface area contributed by atoms with Crippen LogP contribution in [0.2, 0.25) is 0 Å². The molecule has 8 heteroatoms. The number of likely N-dealkylation sites (tertiary alicyclic amines) is 1. The molecule has 188 valence electrons. The van der Waals surface area contributed by atoms with E-state index in [1.165, 1.54) is 0 Å². The van der Waals surface area contributed by atoms with Gasteiger partial charge < -0.3 is 25.6 Å². The van der Waals surface area contributed by atoms with E-state index in [4.69, 9.17) is 4.74 Å². The summed E-state index contributed by atoms with van der Waals surface area (Å²) in [5.41, 5.74) is 4.33. The van der Waals surface area contributed by atoms with E-state index < -0.39 is 0 Å². The molecule has 0 spiro atoms. The van der Waals surface area contributed by atoms with Crippen molar-refractivity contribution in [2.24, 2.45) is 0 Å². The summed E-state index contributed by atoms with van der Waals surface area (Å²) in [5, 5.41) is 10.3. The highest BCUT2D eigenvalue weighted by molar-refractivity contribution is 6.07. The molecule has 3 amide bonds. The number of pyridine rings is 1. The van der Waals surface area contributed by atoms with Crippen LogP contribution in [0.5, 0.6) is 5.75 Å². The molecule has 2 fully saturated rings. The van der Waals surface area contributed by atoms with Crippen LogP contribution >= 0.6 is 0 Å². The number of nitrogens with one attached hydrogen (secondary N) is 3. The molecule has 36 heavy (non-hydrogen) atoms. The van der Waals surface area contributed by atoms with Crippen molar-refractivity contribution < 1.29 is 14.3 Å². The number of piperidine rings is 1. The lowest BCUT2D eigenvalue weighted by Gasteiger charge is -2.32. The standard InChI is InChI=1S/C28H33N5O3/c1-29-28(35)33-12-10-19(11-13-33)21-14-22-24(15-25(21)36-2)30-17-23(27(34)32-20-8-9-20)26(22)31-16-18-6-4-3-5-7-18/h3-7,14-15,17,19-20H,8-13,16H2,1-2H3,(H,29,35)(H,30,31)(H,32,34). The van der Waals surface area contributed by atoms with Gasteiger partial charge >= 0.3 is 6.03 Å². The van der Waals surface area contributed by atoms with Crippen molar-refractivity contribution in [1.29, 1.82) is 0 Å². The minimum Gasteiger partial charge on any atom is -0.496 e. The van der Waals surface area contributed by atoms with Gasteiger partial charge in [0.15, 0.2) is 0 Å². The summed E-state index contributed by atoms with van der Waals surface area (Å²) in [6.07, 6.45) is 5.40. The Morgan fingerprint density at radius 2 is 1.83 bits per heavy atom. The molecule has 5 rings (SSSR count). The van der Waals surface area contributed by atoms with E-state index in [0.29, 0.717) is 25.2 Å². The van der Waals surface area contributed by atoms with Crippen LogP contribution in [0.3, 0.4) is 0 Å². The SMILES string of the molecule is CNC(=O)N1CCC(c2cc3c(NCc4ccccc4)c(C(=O)NC4CC4)cnc3cc2OC)CC1. The second-order valence-corrected chi connectivity index (χ2v) is 9.56. The number of aromatic nitrogens is 1. The summed E-state index contributed by atoms with van der Waals surface area (Å²) in [6.45, 7) is 1.97. The number of rotatable bonds is 7. The van der Waals surface area contributed by atoms with E-state index in [-0.39, 0.29) is 23.9 Å². The zero-order chi connectivity index (χ0) is 25.1. The number of methoxy groups -OCH3 is 1. The maximum atomic E-state index is 13.1. The van der Waals surface area contributed by atoms with Crippen LogP contribution in [0, 0.1) is 0 Å². The molecule has 2 aromatic carbocycles. The minimum atomic E-state index is -0.0984. The van der Waals surface area contributed by atoms with Crippen molar-refractivity contribution in [2.75, 3.05) is 32.6 Å². The Labute approximate surface area is 211 Å². The van der Waals surface area contributed by atoms with Crippen molar-refractivity contribution in [3.8, 4) is 5.75 Å². The normalized spacial score (nSPS) is 16.0. The van der Waals surface area contributed by atoms with E-state index in [1.54, 1.807) is 20.4 Å². The molecule has 1 aromatic heterocycles. The van der Waals surface area contributed by atoms with Crippen LogP contribution in [0.15, 0.2) is 48.7 Å². The van der Waals surface area contributed by atoms with Crippen LogP contribution < -0.4 is 20.7 Å². The number of urea groups is 1. The molecule has 0 atom stereocenters. The van der Waals surface area contributed by atoms with Crippen molar-refractivity contribution in [3.05, 3.63) is 65.4 Å². The molecular weight excluding hydrogens is 454 g/mol. The Kier molecular flexibility index (Phi) is 6.93. The number of anilines is 1. The molecule has 1 aliphatic heterocycles. The fourth-order valence-electron chi connectivity index (χ4n) is 4.92. The van der Waals surface area contributed by atoms with Crippen molar-refractivity contribution in [2.45, 2.75) is 44.2 Å². The second-order valence-electron chi connectivity index (χ2n) is 9.56. The predicted molar refractivity (Wildman–Crippen MR) is 141 cm³/mol. The second kappa shape index (κ2) is 10.4. The van der Waals surface area contributed by atoms with Crippen molar-refractivity contribution in [3.63, 3.8) is 0 Å².